The van der Waals surface area contributed by atoms with Gasteiger partial charge in [-0.25, -0.2) is 13.1 Å². The molecular formula is C12H22N4O2S. The summed E-state index contributed by atoms with van der Waals surface area (Å²) in [5.41, 5.74) is 6.27. The van der Waals surface area contributed by atoms with E-state index in [1.54, 1.807) is 14.0 Å². The largest absolute Gasteiger partial charge is 0.381 e. The molecule has 0 radical (unpaired) electrons. The Balaban J connectivity index is 2.22. The lowest BCUT2D eigenvalue weighted by Gasteiger charge is -2.20. The first-order valence-corrected chi connectivity index (χ1v) is 8.12. The van der Waals surface area contributed by atoms with Gasteiger partial charge in [-0.2, -0.15) is 5.10 Å². The van der Waals surface area contributed by atoms with E-state index in [0.29, 0.717) is 11.6 Å². The van der Waals surface area contributed by atoms with Gasteiger partial charge in [0.15, 0.2) is 5.82 Å². The van der Waals surface area contributed by atoms with Gasteiger partial charge < -0.3 is 5.73 Å². The van der Waals surface area contributed by atoms with Crippen molar-refractivity contribution in [2.45, 2.75) is 50.5 Å². The quantitative estimate of drug-likeness (QED) is 0.869. The van der Waals surface area contributed by atoms with Crippen LogP contribution >= 0.6 is 0 Å². The van der Waals surface area contributed by atoms with Gasteiger partial charge in [0.2, 0.25) is 10.0 Å². The number of aryl methyl sites for hydroxylation is 1. The molecule has 1 fully saturated rings. The molecular weight excluding hydrogens is 264 g/mol. The minimum atomic E-state index is -3.60. The zero-order chi connectivity index (χ0) is 14.2. The SMILES string of the molecule is Cc1c(S(=O)(=O)NC(C)C2CCCC2)c(N)nn1C. The number of nitrogens with two attached hydrogens (primary N) is 1. The first-order valence-electron chi connectivity index (χ1n) is 6.64. The van der Waals surface area contributed by atoms with Crippen LogP contribution in [0.2, 0.25) is 0 Å². The molecule has 108 valence electrons. The van der Waals surface area contributed by atoms with Gasteiger partial charge in [-0.15, -0.1) is 0 Å². The fourth-order valence-corrected chi connectivity index (χ4v) is 4.44. The van der Waals surface area contributed by atoms with E-state index in [4.69, 9.17) is 5.73 Å². The summed E-state index contributed by atoms with van der Waals surface area (Å²) in [5, 5.41) is 3.96. The molecule has 1 aromatic rings. The van der Waals surface area contributed by atoms with E-state index in [-0.39, 0.29) is 16.8 Å². The highest BCUT2D eigenvalue weighted by molar-refractivity contribution is 7.89. The molecule has 0 aliphatic heterocycles. The normalized spacial score (nSPS) is 18.9. The molecule has 2 rings (SSSR count). The molecule has 1 aliphatic carbocycles. The van der Waals surface area contributed by atoms with Crippen LogP contribution in [0.3, 0.4) is 0 Å². The second kappa shape index (κ2) is 5.13. The van der Waals surface area contributed by atoms with Crippen LogP contribution < -0.4 is 10.5 Å². The van der Waals surface area contributed by atoms with Crippen LogP contribution in [0.4, 0.5) is 5.82 Å². The van der Waals surface area contributed by atoms with E-state index >= 15 is 0 Å². The predicted octanol–water partition coefficient (Wildman–Crippen LogP) is 1.17. The molecule has 1 heterocycles. The van der Waals surface area contributed by atoms with Crippen LogP contribution in [0.5, 0.6) is 0 Å². The summed E-state index contributed by atoms with van der Waals surface area (Å²) in [6.45, 7) is 3.63. The number of anilines is 1. The average molecular weight is 286 g/mol. The Bertz CT molecular complexity index is 559. The third-order valence-corrected chi connectivity index (χ3v) is 5.75. The lowest BCUT2D eigenvalue weighted by Crippen LogP contribution is -2.37. The van der Waals surface area contributed by atoms with Crippen LogP contribution in [-0.2, 0) is 17.1 Å². The summed E-state index contributed by atoms with van der Waals surface area (Å²) in [4.78, 5) is 0.111. The number of rotatable bonds is 4. The van der Waals surface area contributed by atoms with Gasteiger partial charge in [-0.3, -0.25) is 4.68 Å². The molecule has 1 saturated carbocycles. The summed E-state index contributed by atoms with van der Waals surface area (Å²) in [7, 11) is -1.91. The molecule has 0 aromatic carbocycles. The van der Waals surface area contributed by atoms with Crippen LogP contribution in [0.25, 0.3) is 0 Å². The molecule has 1 aromatic heterocycles. The van der Waals surface area contributed by atoms with Crippen molar-refractivity contribution in [3.05, 3.63) is 5.69 Å². The Kier molecular flexibility index (Phi) is 3.87. The molecule has 0 amide bonds. The predicted molar refractivity (Wildman–Crippen MR) is 74.1 cm³/mol. The van der Waals surface area contributed by atoms with Crippen molar-refractivity contribution in [1.29, 1.82) is 0 Å². The number of hydrogen-bond acceptors (Lipinski definition) is 4. The fourth-order valence-electron chi connectivity index (χ4n) is 2.80. The number of aromatic nitrogens is 2. The molecule has 7 heteroatoms. The fraction of sp³-hybridized carbons (Fsp3) is 0.750. The third kappa shape index (κ3) is 2.76. The second-order valence-electron chi connectivity index (χ2n) is 5.38. The topological polar surface area (TPSA) is 90.0 Å². The summed E-state index contributed by atoms with van der Waals surface area (Å²) in [6, 6.07) is -0.0634. The number of nitrogen functional groups attached to an aromatic ring is 1. The van der Waals surface area contributed by atoms with Crippen molar-refractivity contribution in [3.8, 4) is 0 Å². The van der Waals surface area contributed by atoms with Gasteiger partial charge in [0.25, 0.3) is 0 Å². The molecule has 6 nitrogen and oxygen atoms in total. The van der Waals surface area contributed by atoms with Crippen molar-refractivity contribution < 1.29 is 8.42 Å². The molecule has 0 spiro atoms. The highest BCUT2D eigenvalue weighted by atomic mass is 32.2. The maximum atomic E-state index is 12.4. The van der Waals surface area contributed by atoms with Gasteiger partial charge in [0, 0.05) is 13.1 Å². The van der Waals surface area contributed by atoms with E-state index in [1.165, 1.54) is 17.5 Å². The molecule has 3 N–H and O–H groups in total. The van der Waals surface area contributed by atoms with Crippen molar-refractivity contribution in [2.75, 3.05) is 5.73 Å². The molecule has 0 saturated heterocycles. The first kappa shape index (κ1) is 14.3. The van der Waals surface area contributed by atoms with E-state index < -0.39 is 10.0 Å². The lowest BCUT2D eigenvalue weighted by molar-refractivity contribution is 0.424. The van der Waals surface area contributed by atoms with Crippen LogP contribution in [0, 0.1) is 12.8 Å². The molecule has 1 atom stereocenters. The van der Waals surface area contributed by atoms with Crippen molar-refractivity contribution in [2.24, 2.45) is 13.0 Å². The Morgan fingerprint density at radius 3 is 2.47 bits per heavy atom. The van der Waals surface area contributed by atoms with Crippen LogP contribution in [-0.4, -0.2) is 24.2 Å². The Labute approximate surface area is 114 Å². The molecule has 1 aliphatic rings. The van der Waals surface area contributed by atoms with Gasteiger partial charge in [-0.05, 0) is 32.6 Å². The van der Waals surface area contributed by atoms with Gasteiger partial charge in [0.05, 0.1) is 5.69 Å². The van der Waals surface area contributed by atoms with Gasteiger partial charge >= 0.3 is 0 Å². The highest BCUT2D eigenvalue weighted by Gasteiger charge is 2.30. The number of hydrogen-bond donors (Lipinski definition) is 2. The lowest BCUT2D eigenvalue weighted by atomic mass is 10.0. The van der Waals surface area contributed by atoms with E-state index in [1.807, 2.05) is 6.92 Å². The maximum absolute atomic E-state index is 12.4. The summed E-state index contributed by atoms with van der Waals surface area (Å²) in [6.07, 6.45) is 4.55. The standard InChI is InChI=1S/C12H22N4O2S/c1-8(10-6-4-5-7-10)15-19(17,18)11-9(2)16(3)14-12(11)13/h8,10,15H,4-7H2,1-3H3,(H2,13,14). The Morgan fingerprint density at radius 1 is 1.42 bits per heavy atom. The molecule has 0 bridgehead atoms. The van der Waals surface area contributed by atoms with Crippen molar-refractivity contribution in [3.63, 3.8) is 0 Å². The van der Waals surface area contributed by atoms with E-state index in [9.17, 15) is 8.42 Å². The van der Waals surface area contributed by atoms with E-state index in [0.717, 1.165) is 12.8 Å². The molecule has 1 unspecified atom stereocenters. The summed E-state index contributed by atoms with van der Waals surface area (Å²) < 4.78 is 29.1. The number of sulfonamides is 1. The second-order valence-corrected chi connectivity index (χ2v) is 7.03. The number of nitrogens with one attached hydrogen (secondary N) is 1. The first-order chi connectivity index (χ1) is 8.83. The minimum absolute atomic E-state index is 0.0612. The number of nitrogens with zero attached hydrogens (tertiary/aromatic N) is 2. The monoisotopic (exact) mass is 286 g/mol. The zero-order valence-corrected chi connectivity index (χ0v) is 12.5. The zero-order valence-electron chi connectivity index (χ0n) is 11.7. The minimum Gasteiger partial charge on any atom is -0.381 e. The highest BCUT2D eigenvalue weighted by Crippen LogP contribution is 2.29. The van der Waals surface area contributed by atoms with Crippen molar-refractivity contribution >= 4 is 15.8 Å². The van der Waals surface area contributed by atoms with Crippen LogP contribution in [0.15, 0.2) is 4.90 Å². The van der Waals surface area contributed by atoms with Crippen molar-refractivity contribution in [1.82, 2.24) is 14.5 Å². The van der Waals surface area contributed by atoms with Gasteiger partial charge in [-0.1, -0.05) is 12.8 Å². The smallest absolute Gasteiger partial charge is 0.246 e. The summed E-state index contributed by atoms with van der Waals surface area (Å²) >= 11 is 0. The molecule has 19 heavy (non-hydrogen) atoms. The van der Waals surface area contributed by atoms with Gasteiger partial charge in [0.1, 0.15) is 4.90 Å². The third-order valence-electron chi connectivity index (χ3n) is 4.02. The average Bonchev–Trinajstić information content (AvgIpc) is 2.87. The Morgan fingerprint density at radius 2 is 2.00 bits per heavy atom. The van der Waals surface area contributed by atoms with Crippen LogP contribution in [0.1, 0.15) is 38.3 Å². The Hall–Kier alpha value is -1.08. The summed E-state index contributed by atoms with van der Waals surface area (Å²) in [5.74, 6) is 0.485. The van der Waals surface area contributed by atoms with E-state index in [2.05, 4.69) is 9.82 Å². The maximum Gasteiger partial charge on any atom is 0.246 e.